The number of para-hydroxylation sites is 1. The van der Waals surface area contributed by atoms with E-state index in [2.05, 4.69) is 20.7 Å². The second kappa shape index (κ2) is 7.74. The first kappa shape index (κ1) is 18.1. The van der Waals surface area contributed by atoms with E-state index in [1.54, 1.807) is 10.7 Å². The SMILES string of the molecule is Cc1ccccc1C(=O)Nc1nc(CC(=O)C2CCN2)nn1-c1ccccc1. The van der Waals surface area contributed by atoms with Crippen molar-refractivity contribution in [1.82, 2.24) is 20.1 Å². The number of anilines is 1. The van der Waals surface area contributed by atoms with Gasteiger partial charge in [0.25, 0.3) is 5.91 Å². The summed E-state index contributed by atoms with van der Waals surface area (Å²) >= 11 is 0. The van der Waals surface area contributed by atoms with E-state index in [0.29, 0.717) is 17.3 Å². The number of carbonyl (C=O) groups is 2. The zero-order valence-corrected chi connectivity index (χ0v) is 15.6. The Morgan fingerprint density at radius 3 is 2.54 bits per heavy atom. The van der Waals surface area contributed by atoms with E-state index >= 15 is 0 Å². The monoisotopic (exact) mass is 375 g/mol. The number of rotatable bonds is 6. The zero-order chi connectivity index (χ0) is 19.5. The highest BCUT2D eigenvalue weighted by molar-refractivity contribution is 6.04. The molecule has 7 heteroatoms. The van der Waals surface area contributed by atoms with Crippen molar-refractivity contribution in [2.45, 2.75) is 25.8 Å². The molecule has 142 valence electrons. The maximum Gasteiger partial charge on any atom is 0.258 e. The molecular formula is C21H21N5O2. The number of hydrogen-bond acceptors (Lipinski definition) is 5. The molecule has 0 bridgehead atoms. The van der Waals surface area contributed by atoms with Gasteiger partial charge in [-0.25, -0.2) is 0 Å². The Bertz CT molecular complexity index is 1010. The Kier molecular flexibility index (Phi) is 4.99. The molecule has 4 rings (SSSR count). The lowest BCUT2D eigenvalue weighted by Gasteiger charge is -2.25. The lowest BCUT2D eigenvalue weighted by molar-refractivity contribution is -0.122. The van der Waals surface area contributed by atoms with E-state index in [-0.39, 0.29) is 24.2 Å². The maximum absolute atomic E-state index is 12.7. The van der Waals surface area contributed by atoms with Gasteiger partial charge in [-0.2, -0.15) is 9.67 Å². The summed E-state index contributed by atoms with van der Waals surface area (Å²) in [7, 11) is 0. The van der Waals surface area contributed by atoms with Gasteiger partial charge in [0, 0.05) is 5.56 Å². The summed E-state index contributed by atoms with van der Waals surface area (Å²) in [4.78, 5) is 29.5. The Labute approximate surface area is 162 Å². The van der Waals surface area contributed by atoms with E-state index in [9.17, 15) is 9.59 Å². The number of carbonyl (C=O) groups excluding carboxylic acids is 2. The number of hydrogen-bond donors (Lipinski definition) is 2. The number of ketones is 1. The highest BCUT2D eigenvalue weighted by atomic mass is 16.2. The molecule has 2 aromatic carbocycles. The van der Waals surface area contributed by atoms with E-state index in [0.717, 1.165) is 24.2 Å². The molecule has 0 radical (unpaired) electrons. The number of aromatic nitrogens is 3. The van der Waals surface area contributed by atoms with Crippen LogP contribution in [0.4, 0.5) is 5.95 Å². The molecule has 1 aliphatic rings. The van der Waals surface area contributed by atoms with Gasteiger partial charge < -0.3 is 5.32 Å². The van der Waals surface area contributed by atoms with Gasteiger partial charge in [0.05, 0.1) is 18.2 Å². The van der Waals surface area contributed by atoms with Crippen LogP contribution in [0.3, 0.4) is 0 Å². The van der Waals surface area contributed by atoms with Crippen LogP contribution >= 0.6 is 0 Å². The molecule has 3 aromatic rings. The lowest BCUT2D eigenvalue weighted by atomic mass is 10.0. The Morgan fingerprint density at radius 2 is 1.86 bits per heavy atom. The average molecular weight is 375 g/mol. The summed E-state index contributed by atoms with van der Waals surface area (Å²) in [5, 5.41) is 10.4. The van der Waals surface area contributed by atoms with E-state index in [4.69, 9.17) is 0 Å². The Hall–Kier alpha value is -3.32. The molecule has 1 unspecified atom stereocenters. The number of amides is 1. The molecular weight excluding hydrogens is 354 g/mol. The topological polar surface area (TPSA) is 88.9 Å². The average Bonchev–Trinajstić information content (AvgIpc) is 3.03. The molecule has 1 aromatic heterocycles. The summed E-state index contributed by atoms with van der Waals surface area (Å²) in [6, 6.07) is 16.6. The number of Topliss-reactive ketones (excluding diaryl/α,β-unsaturated/α-hetero) is 1. The minimum atomic E-state index is -0.263. The molecule has 1 atom stereocenters. The quantitative estimate of drug-likeness (QED) is 0.690. The van der Waals surface area contributed by atoms with Gasteiger partial charge in [-0.3, -0.25) is 14.9 Å². The molecule has 2 heterocycles. The molecule has 2 N–H and O–H groups in total. The van der Waals surface area contributed by atoms with Crippen molar-refractivity contribution in [2.24, 2.45) is 0 Å². The van der Waals surface area contributed by atoms with E-state index in [1.165, 1.54) is 0 Å². The van der Waals surface area contributed by atoms with E-state index in [1.807, 2.05) is 55.5 Å². The van der Waals surface area contributed by atoms with Gasteiger partial charge in [-0.1, -0.05) is 36.4 Å². The molecule has 1 amide bonds. The summed E-state index contributed by atoms with van der Waals surface area (Å²) in [5.41, 5.74) is 2.20. The second-order valence-corrected chi connectivity index (χ2v) is 6.81. The highest BCUT2D eigenvalue weighted by Gasteiger charge is 2.26. The van der Waals surface area contributed by atoms with Crippen molar-refractivity contribution in [3.8, 4) is 5.69 Å². The number of nitrogens with zero attached hydrogens (tertiary/aromatic N) is 3. The predicted molar refractivity (Wildman–Crippen MR) is 106 cm³/mol. The van der Waals surface area contributed by atoms with Crippen LogP contribution in [0, 0.1) is 6.92 Å². The summed E-state index contributed by atoms with van der Waals surface area (Å²) in [6.07, 6.45) is 0.972. The van der Waals surface area contributed by atoms with Crippen molar-refractivity contribution in [3.63, 3.8) is 0 Å². The van der Waals surface area contributed by atoms with Gasteiger partial charge in [0.1, 0.15) is 0 Å². The first-order chi connectivity index (χ1) is 13.6. The third-order valence-electron chi connectivity index (χ3n) is 4.81. The fourth-order valence-corrected chi connectivity index (χ4v) is 3.10. The van der Waals surface area contributed by atoms with Crippen molar-refractivity contribution >= 4 is 17.6 Å². The van der Waals surface area contributed by atoms with Crippen LogP contribution < -0.4 is 10.6 Å². The predicted octanol–water partition coefficient (Wildman–Crippen LogP) is 2.30. The molecule has 0 aliphatic carbocycles. The molecule has 1 aliphatic heterocycles. The minimum Gasteiger partial charge on any atom is -0.307 e. The number of benzene rings is 2. The molecule has 7 nitrogen and oxygen atoms in total. The summed E-state index contributed by atoms with van der Waals surface area (Å²) in [5.74, 6) is 0.487. The van der Waals surface area contributed by atoms with Gasteiger partial charge in [-0.15, -0.1) is 5.10 Å². The van der Waals surface area contributed by atoms with Crippen LogP contribution in [-0.2, 0) is 11.2 Å². The summed E-state index contributed by atoms with van der Waals surface area (Å²) in [6.45, 7) is 2.74. The van der Waals surface area contributed by atoms with Crippen LogP contribution in [0.2, 0.25) is 0 Å². The van der Waals surface area contributed by atoms with Crippen molar-refractivity contribution < 1.29 is 9.59 Å². The summed E-state index contributed by atoms with van der Waals surface area (Å²) < 4.78 is 1.56. The molecule has 1 saturated heterocycles. The smallest absolute Gasteiger partial charge is 0.258 e. The first-order valence-electron chi connectivity index (χ1n) is 9.26. The molecule has 28 heavy (non-hydrogen) atoms. The fraction of sp³-hybridized carbons (Fsp3) is 0.238. The zero-order valence-electron chi connectivity index (χ0n) is 15.6. The van der Waals surface area contributed by atoms with Crippen molar-refractivity contribution in [1.29, 1.82) is 0 Å². The van der Waals surface area contributed by atoms with E-state index < -0.39 is 0 Å². The van der Waals surface area contributed by atoms with Crippen LogP contribution in [0.15, 0.2) is 54.6 Å². The third kappa shape index (κ3) is 3.70. The Morgan fingerprint density at radius 1 is 1.14 bits per heavy atom. The Balaban J connectivity index is 1.63. The van der Waals surface area contributed by atoms with Crippen molar-refractivity contribution in [2.75, 3.05) is 11.9 Å². The largest absolute Gasteiger partial charge is 0.307 e. The molecule has 0 spiro atoms. The van der Waals surface area contributed by atoms with Gasteiger partial charge in [0.2, 0.25) is 5.95 Å². The van der Waals surface area contributed by atoms with Gasteiger partial charge in [-0.05, 0) is 43.7 Å². The minimum absolute atomic E-state index is 0.0632. The van der Waals surface area contributed by atoms with Crippen LogP contribution in [0.25, 0.3) is 5.69 Å². The number of nitrogens with one attached hydrogen (secondary N) is 2. The van der Waals surface area contributed by atoms with Crippen molar-refractivity contribution in [3.05, 3.63) is 71.5 Å². The van der Waals surface area contributed by atoms with Crippen LogP contribution in [0.1, 0.15) is 28.2 Å². The normalized spacial score (nSPS) is 15.7. The maximum atomic E-state index is 12.7. The first-order valence-corrected chi connectivity index (χ1v) is 9.26. The van der Waals surface area contributed by atoms with Crippen LogP contribution in [0.5, 0.6) is 0 Å². The fourth-order valence-electron chi connectivity index (χ4n) is 3.10. The molecule has 0 saturated carbocycles. The van der Waals surface area contributed by atoms with Gasteiger partial charge >= 0.3 is 0 Å². The second-order valence-electron chi connectivity index (χ2n) is 6.81. The third-order valence-corrected chi connectivity index (χ3v) is 4.81. The standard InChI is InChI=1S/C21H21N5O2/c1-14-7-5-6-10-16(14)20(28)24-21-23-19(13-18(27)17-11-12-22-17)25-26(21)15-8-3-2-4-9-15/h2-10,17,22H,11-13H2,1H3,(H,23,24,25,28). The number of aryl methyl sites for hydroxylation is 1. The van der Waals surface area contributed by atoms with Crippen LogP contribution in [-0.4, -0.2) is 39.0 Å². The molecule has 1 fully saturated rings. The lowest BCUT2D eigenvalue weighted by Crippen LogP contribution is -2.49. The highest BCUT2D eigenvalue weighted by Crippen LogP contribution is 2.17. The van der Waals surface area contributed by atoms with Gasteiger partial charge in [0.15, 0.2) is 11.6 Å².